The van der Waals surface area contributed by atoms with Gasteiger partial charge in [0.1, 0.15) is 35.7 Å². The molecule has 3 rings (SSSR count). The van der Waals surface area contributed by atoms with E-state index in [-0.39, 0.29) is 29.3 Å². The molecule has 2 unspecified atom stereocenters. The van der Waals surface area contributed by atoms with E-state index in [0.717, 1.165) is 0 Å². The summed E-state index contributed by atoms with van der Waals surface area (Å²) in [5.74, 6) is -0.370. The molecule has 38 heavy (non-hydrogen) atoms. The van der Waals surface area contributed by atoms with Crippen LogP contribution in [0.25, 0.3) is 0 Å². The second-order valence-electron chi connectivity index (χ2n) is 9.12. The topological polar surface area (TPSA) is 168 Å². The van der Waals surface area contributed by atoms with Crippen LogP contribution in [-0.4, -0.2) is 76.9 Å². The van der Waals surface area contributed by atoms with Crippen LogP contribution in [0, 0.1) is 0 Å². The number of hydrogen-bond acceptors (Lipinski definition) is 12. The molecule has 0 spiro atoms. The lowest BCUT2D eigenvalue weighted by Crippen LogP contribution is -2.45. The van der Waals surface area contributed by atoms with Crippen LogP contribution < -0.4 is 19.1 Å². The molecule has 0 radical (unpaired) electrons. The predicted octanol–water partition coefficient (Wildman–Crippen LogP) is 2.18. The number of aliphatic hydroxyl groups excluding tert-OH is 2. The normalized spacial score (nSPS) is 25.4. The lowest BCUT2D eigenvalue weighted by atomic mass is 9.96. The molecule has 14 heteroatoms. The zero-order valence-electron chi connectivity index (χ0n) is 22.1. The number of methoxy groups -OCH3 is 2. The van der Waals surface area contributed by atoms with Crippen molar-refractivity contribution in [1.82, 2.24) is 15.1 Å². The minimum atomic E-state index is -4.24. The summed E-state index contributed by atoms with van der Waals surface area (Å²) in [7, 11) is -1.48. The van der Waals surface area contributed by atoms with Gasteiger partial charge in [-0.2, -0.15) is 10.1 Å². The predicted molar refractivity (Wildman–Crippen MR) is 134 cm³/mol. The van der Waals surface area contributed by atoms with E-state index in [1.54, 1.807) is 44.2 Å². The molecule has 0 aliphatic carbocycles. The third kappa shape index (κ3) is 6.99. The molecule has 0 amide bonds. The summed E-state index contributed by atoms with van der Waals surface area (Å²) in [6.07, 6.45) is -3.06. The smallest absolute Gasteiger partial charge is 0.459 e. The van der Waals surface area contributed by atoms with Crippen molar-refractivity contribution in [2.24, 2.45) is 0 Å². The van der Waals surface area contributed by atoms with Gasteiger partial charge in [0.2, 0.25) is 5.88 Å². The van der Waals surface area contributed by atoms with Crippen molar-refractivity contribution in [3.63, 3.8) is 0 Å². The molecule has 1 aromatic heterocycles. The first kappa shape index (κ1) is 29.8. The Labute approximate surface area is 221 Å². The van der Waals surface area contributed by atoms with Gasteiger partial charge in [0.25, 0.3) is 0 Å². The summed E-state index contributed by atoms with van der Waals surface area (Å²) in [4.78, 5) is 20.5. The Morgan fingerprint density at radius 2 is 1.87 bits per heavy atom. The van der Waals surface area contributed by atoms with Gasteiger partial charge in [-0.15, -0.1) is 0 Å². The van der Waals surface area contributed by atoms with Crippen LogP contribution in [0.4, 0.5) is 0 Å². The summed E-state index contributed by atoms with van der Waals surface area (Å²) in [6.45, 7) is 5.80. The lowest BCUT2D eigenvalue weighted by Gasteiger charge is -2.30. The fraction of sp³-hybridized carbons (Fsp3) is 0.542. The van der Waals surface area contributed by atoms with Gasteiger partial charge in [-0.3, -0.25) is 9.32 Å². The van der Waals surface area contributed by atoms with Crippen LogP contribution in [0.5, 0.6) is 17.6 Å². The monoisotopic (exact) mass is 555 g/mol. The Morgan fingerprint density at radius 3 is 2.47 bits per heavy atom. The Balaban J connectivity index is 1.82. The zero-order valence-corrected chi connectivity index (χ0v) is 23.0. The first-order chi connectivity index (χ1) is 17.9. The van der Waals surface area contributed by atoms with Crippen LogP contribution in [-0.2, 0) is 23.4 Å². The first-order valence-electron chi connectivity index (χ1n) is 11.9. The number of carbonyl (C=O) groups is 1. The molecule has 1 aliphatic rings. The summed E-state index contributed by atoms with van der Waals surface area (Å²) in [6, 6.07) is 7.20. The first-order valence-corrected chi connectivity index (χ1v) is 13.4. The van der Waals surface area contributed by atoms with Gasteiger partial charge < -0.3 is 33.7 Å². The number of hydrogen-bond donors (Lipinski definition) is 3. The molecule has 3 N–H and O–H groups in total. The maximum Gasteiger partial charge on any atom is 0.459 e. The van der Waals surface area contributed by atoms with Crippen molar-refractivity contribution in [3.05, 3.63) is 42.1 Å². The Hall–Kier alpha value is -2.80. The van der Waals surface area contributed by atoms with Crippen molar-refractivity contribution in [3.8, 4) is 17.6 Å². The molecule has 0 bridgehead atoms. The van der Waals surface area contributed by atoms with Crippen LogP contribution in [0.1, 0.15) is 39.4 Å². The van der Waals surface area contributed by atoms with E-state index in [1.165, 1.54) is 34.3 Å². The fourth-order valence-electron chi connectivity index (χ4n) is 3.69. The van der Waals surface area contributed by atoms with E-state index in [2.05, 4.69) is 15.1 Å². The minimum absolute atomic E-state index is 0.0416. The number of rotatable bonds is 12. The maximum atomic E-state index is 13.8. The quantitative estimate of drug-likeness (QED) is 0.258. The van der Waals surface area contributed by atoms with Gasteiger partial charge in [-0.25, -0.2) is 9.55 Å². The third-order valence-corrected chi connectivity index (χ3v) is 7.27. The number of carbonyl (C=O) groups excluding carboxylic acids is 1. The van der Waals surface area contributed by atoms with Crippen LogP contribution in [0.3, 0.4) is 0 Å². The number of aromatic nitrogens is 2. The standard InChI is InChI=1S/C24H34N3O10P/c1-14(2)35-22(30)15(3)27-38(31,37-16-10-8-7-9-11-16)34-13-24(4)20(29)18(28)19(36-24)17-12-25-23(33-6)26-21(17)32-5/h7-12,14-15,18-20,28-29H,13H2,1-6H3,(H,27,31)/t15-,18-,19?,20-,24?,38-/m0/s1. The molecule has 1 aromatic carbocycles. The number of ether oxygens (including phenoxy) is 4. The molecule has 1 aliphatic heterocycles. The maximum absolute atomic E-state index is 13.8. The number of benzene rings is 1. The van der Waals surface area contributed by atoms with Gasteiger partial charge in [0, 0.05) is 6.20 Å². The van der Waals surface area contributed by atoms with Gasteiger partial charge in [0.15, 0.2) is 0 Å². The molecule has 2 aromatic rings. The summed E-state index contributed by atoms with van der Waals surface area (Å²) in [5.41, 5.74) is -1.30. The third-order valence-electron chi connectivity index (χ3n) is 5.64. The van der Waals surface area contributed by atoms with Crippen molar-refractivity contribution in [2.75, 3.05) is 20.8 Å². The van der Waals surface area contributed by atoms with Crippen LogP contribution >= 0.6 is 7.75 Å². The van der Waals surface area contributed by atoms with Crippen molar-refractivity contribution >= 4 is 13.7 Å². The molecule has 210 valence electrons. The number of nitrogens with one attached hydrogen (secondary N) is 1. The van der Waals surface area contributed by atoms with Gasteiger partial charge in [-0.1, -0.05) is 18.2 Å². The van der Waals surface area contributed by atoms with E-state index in [4.69, 9.17) is 28.0 Å². The molecule has 1 fully saturated rings. The molecule has 0 saturated carbocycles. The minimum Gasteiger partial charge on any atom is -0.481 e. The van der Waals surface area contributed by atoms with Gasteiger partial charge in [-0.05, 0) is 39.8 Å². The summed E-state index contributed by atoms with van der Waals surface area (Å²) in [5, 5.41) is 24.3. The Morgan fingerprint density at radius 1 is 1.18 bits per heavy atom. The molecule has 1 saturated heterocycles. The van der Waals surface area contributed by atoms with Crippen LogP contribution in [0.2, 0.25) is 0 Å². The van der Waals surface area contributed by atoms with E-state index in [0.29, 0.717) is 0 Å². The highest BCUT2D eigenvalue weighted by atomic mass is 31.2. The summed E-state index contributed by atoms with van der Waals surface area (Å²) >= 11 is 0. The second kappa shape index (κ2) is 12.4. The molecular formula is C24H34N3O10P. The van der Waals surface area contributed by atoms with Crippen molar-refractivity contribution in [2.45, 2.75) is 63.8 Å². The Kier molecular flexibility index (Phi) is 9.69. The fourth-order valence-corrected chi connectivity index (χ4v) is 5.27. The Bertz CT molecular complexity index is 1140. The van der Waals surface area contributed by atoms with Crippen LogP contribution in [0.15, 0.2) is 36.5 Å². The number of nitrogens with zero attached hydrogens (tertiary/aromatic N) is 2. The highest BCUT2D eigenvalue weighted by Gasteiger charge is 2.54. The average molecular weight is 556 g/mol. The van der Waals surface area contributed by atoms with Crippen molar-refractivity contribution < 1.29 is 47.6 Å². The van der Waals surface area contributed by atoms with E-state index >= 15 is 0 Å². The lowest BCUT2D eigenvalue weighted by molar-refractivity contribution is -0.149. The van der Waals surface area contributed by atoms with E-state index in [9.17, 15) is 19.6 Å². The highest BCUT2D eigenvalue weighted by Crippen LogP contribution is 2.49. The highest BCUT2D eigenvalue weighted by molar-refractivity contribution is 7.52. The average Bonchev–Trinajstić information content (AvgIpc) is 3.11. The number of esters is 1. The number of para-hydroxylation sites is 1. The largest absolute Gasteiger partial charge is 0.481 e. The van der Waals surface area contributed by atoms with E-state index < -0.39 is 50.3 Å². The zero-order chi connectivity index (χ0) is 28.1. The molecular weight excluding hydrogens is 521 g/mol. The van der Waals surface area contributed by atoms with Gasteiger partial charge in [0.05, 0.1) is 32.5 Å². The summed E-state index contributed by atoms with van der Waals surface area (Å²) < 4.78 is 46.5. The SMILES string of the molecule is COc1ncc(C2OC(C)(CO[P@@](=O)(N[C@@H](C)C(=O)OC(C)C)Oc3ccccc3)[C@@H](O)[C@H]2O)c(OC)n1. The molecule has 13 nitrogen and oxygen atoms in total. The second-order valence-corrected chi connectivity index (χ2v) is 10.8. The van der Waals surface area contributed by atoms with Crippen molar-refractivity contribution in [1.29, 1.82) is 0 Å². The number of aliphatic hydroxyl groups is 2. The van der Waals surface area contributed by atoms with E-state index in [1.807, 2.05) is 0 Å². The molecule has 2 heterocycles. The van der Waals surface area contributed by atoms with Gasteiger partial charge >= 0.3 is 19.7 Å². The molecule has 6 atom stereocenters.